The Bertz CT molecular complexity index is 653. The van der Waals surface area contributed by atoms with Gasteiger partial charge in [0.05, 0.1) is 0 Å². The molecule has 0 fully saturated rings. The number of rotatable bonds is 6. The molecule has 1 atom stereocenters. The molecule has 0 bridgehead atoms. The Morgan fingerprint density at radius 3 is 1.96 bits per heavy atom. The molecule has 2 aromatic rings. The lowest BCUT2D eigenvalue weighted by atomic mass is 10.0. The summed E-state index contributed by atoms with van der Waals surface area (Å²) in [5.41, 5.74) is 1.40. The molecule has 0 radical (unpaired) electrons. The predicted octanol–water partition coefficient (Wildman–Crippen LogP) is 3.23. The maximum atomic E-state index is 12.8. The highest BCUT2D eigenvalue weighted by Crippen LogP contribution is 2.17. The molecule has 0 saturated heterocycles. The Morgan fingerprint density at radius 2 is 1.48 bits per heavy atom. The summed E-state index contributed by atoms with van der Waals surface area (Å²) in [6, 6.07) is 17.1. The largest absolute Gasteiger partial charge is 0.480 e. The fourth-order valence-electron chi connectivity index (χ4n) is 2.61. The van der Waals surface area contributed by atoms with Crippen LogP contribution in [0.1, 0.15) is 29.8 Å². The van der Waals surface area contributed by atoms with Crippen LogP contribution in [0.5, 0.6) is 0 Å². The number of carboxylic acid groups (broad SMARTS) is 1. The molecule has 1 N–H and O–H groups in total. The number of carbonyl (C=O) groups is 2. The number of carbonyl (C=O) groups excluding carboxylic acids is 1. The van der Waals surface area contributed by atoms with Crippen molar-refractivity contribution in [3.8, 4) is 0 Å². The van der Waals surface area contributed by atoms with Crippen LogP contribution >= 0.6 is 0 Å². The van der Waals surface area contributed by atoms with Crippen LogP contribution in [-0.2, 0) is 11.2 Å². The highest BCUT2D eigenvalue weighted by molar-refractivity contribution is 5.96. The highest BCUT2D eigenvalue weighted by atomic mass is 16.4. The van der Waals surface area contributed by atoms with Gasteiger partial charge in [-0.1, -0.05) is 48.5 Å². The van der Waals surface area contributed by atoms with Crippen molar-refractivity contribution >= 4 is 11.9 Å². The predicted molar refractivity (Wildman–Crippen MR) is 89.3 cm³/mol. The van der Waals surface area contributed by atoms with E-state index in [1.54, 1.807) is 24.3 Å². The molecular formula is C19H21NO3. The van der Waals surface area contributed by atoms with Crippen molar-refractivity contribution in [3.05, 3.63) is 71.8 Å². The van der Waals surface area contributed by atoms with Crippen LogP contribution in [0.2, 0.25) is 0 Å². The summed E-state index contributed by atoms with van der Waals surface area (Å²) < 4.78 is 0. The van der Waals surface area contributed by atoms with Gasteiger partial charge >= 0.3 is 5.97 Å². The maximum Gasteiger partial charge on any atom is 0.326 e. The van der Waals surface area contributed by atoms with Gasteiger partial charge in [-0.15, -0.1) is 0 Å². The van der Waals surface area contributed by atoms with Gasteiger partial charge in [0.1, 0.15) is 6.04 Å². The number of benzene rings is 2. The second-order valence-corrected chi connectivity index (χ2v) is 5.72. The number of hydrogen-bond donors (Lipinski definition) is 1. The molecular weight excluding hydrogens is 290 g/mol. The van der Waals surface area contributed by atoms with E-state index in [9.17, 15) is 14.7 Å². The van der Waals surface area contributed by atoms with Crippen LogP contribution in [0.3, 0.4) is 0 Å². The van der Waals surface area contributed by atoms with E-state index >= 15 is 0 Å². The highest BCUT2D eigenvalue weighted by Gasteiger charge is 2.32. The SMILES string of the molecule is CC(C)N(C(=O)c1ccccc1)C(Cc1ccccc1)C(=O)O. The van der Waals surface area contributed by atoms with Crippen LogP contribution in [0.25, 0.3) is 0 Å². The van der Waals surface area contributed by atoms with Gasteiger partial charge in [-0.05, 0) is 31.5 Å². The van der Waals surface area contributed by atoms with Gasteiger partial charge in [0.25, 0.3) is 5.91 Å². The van der Waals surface area contributed by atoms with Gasteiger partial charge in [0, 0.05) is 18.0 Å². The van der Waals surface area contributed by atoms with Crippen molar-refractivity contribution in [2.75, 3.05) is 0 Å². The topological polar surface area (TPSA) is 57.6 Å². The Kier molecular flexibility index (Phi) is 5.52. The van der Waals surface area contributed by atoms with Crippen molar-refractivity contribution in [2.45, 2.75) is 32.4 Å². The van der Waals surface area contributed by atoms with Gasteiger partial charge < -0.3 is 10.0 Å². The number of aliphatic carboxylic acids is 1. The molecule has 0 aliphatic heterocycles. The fourth-order valence-corrected chi connectivity index (χ4v) is 2.61. The zero-order valence-electron chi connectivity index (χ0n) is 13.3. The molecule has 0 spiro atoms. The monoisotopic (exact) mass is 311 g/mol. The number of nitrogens with zero attached hydrogens (tertiary/aromatic N) is 1. The molecule has 0 saturated carbocycles. The zero-order chi connectivity index (χ0) is 16.8. The summed E-state index contributed by atoms with van der Waals surface area (Å²) in [7, 11) is 0. The van der Waals surface area contributed by atoms with Crippen LogP contribution in [0, 0.1) is 0 Å². The van der Waals surface area contributed by atoms with E-state index in [0.29, 0.717) is 5.56 Å². The van der Waals surface area contributed by atoms with E-state index in [2.05, 4.69) is 0 Å². The summed E-state index contributed by atoms with van der Waals surface area (Å²) >= 11 is 0. The maximum absolute atomic E-state index is 12.8. The minimum Gasteiger partial charge on any atom is -0.480 e. The summed E-state index contributed by atoms with van der Waals surface area (Å²) in [6.07, 6.45) is 0.285. The van der Waals surface area contributed by atoms with Crippen molar-refractivity contribution in [3.63, 3.8) is 0 Å². The third-order valence-electron chi connectivity index (χ3n) is 3.70. The molecule has 1 unspecified atom stereocenters. The Morgan fingerprint density at radius 1 is 0.957 bits per heavy atom. The van der Waals surface area contributed by atoms with Crippen molar-refractivity contribution in [1.82, 2.24) is 4.90 Å². The quantitative estimate of drug-likeness (QED) is 0.891. The van der Waals surface area contributed by atoms with Gasteiger partial charge in [-0.25, -0.2) is 4.79 Å². The van der Waals surface area contributed by atoms with E-state index in [4.69, 9.17) is 0 Å². The summed E-state index contributed by atoms with van der Waals surface area (Å²) in [4.78, 5) is 26.0. The summed E-state index contributed by atoms with van der Waals surface area (Å²) in [5, 5.41) is 9.66. The average molecular weight is 311 g/mol. The molecule has 4 heteroatoms. The Balaban J connectivity index is 2.32. The summed E-state index contributed by atoms with van der Waals surface area (Å²) in [5.74, 6) is -1.25. The minimum atomic E-state index is -0.994. The van der Waals surface area contributed by atoms with E-state index in [1.807, 2.05) is 50.2 Å². The number of hydrogen-bond acceptors (Lipinski definition) is 2. The fraction of sp³-hybridized carbons (Fsp3) is 0.263. The van der Waals surface area contributed by atoms with Gasteiger partial charge in [0.2, 0.25) is 0 Å². The smallest absolute Gasteiger partial charge is 0.326 e. The molecule has 0 aliphatic carbocycles. The van der Waals surface area contributed by atoms with E-state index < -0.39 is 12.0 Å². The molecule has 120 valence electrons. The van der Waals surface area contributed by atoms with Crippen molar-refractivity contribution in [2.24, 2.45) is 0 Å². The second-order valence-electron chi connectivity index (χ2n) is 5.72. The molecule has 2 rings (SSSR count). The molecule has 2 aromatic carbocycles. The Labute approximate surface area is 136 Å². The first-order chi connectivity index (χ1) is 11.0. The number of carboxylic acids is 1. The van der Waals surface area contributed by atoms with Crippen LogP contribution < -0.4 is 0 Å². The lowest BCUT2D eigenvalue weighted by Gasteiger charge is -2.32. The minimum absolute atomic E-state index is 0.215. The van der Waals surface area contributed by atoms with Crippen LogP contribution in [0.4, 0.5) is 0 Å². The first-order valence-electron chi connectivity index (χ1n) is 7.65. The molecule has 0 aromatic heterocycles. The molecule has 0 aliphatic rings. The first-order valence-corrected chi connectivity index (χ1v) is 7.65. The van der Waals surface area contributed by atoms with Crippen LogP contribution in [-0.4, -0.2) is 34.0 Å². The number of amides is 1. The van der Waals surface area contributed by atoms with E-state index in [0.717, 1.165) is 5.56 Å². The molecule has 23 heavy (non-hydrogen) atoms. The van der Waals surface area contributed by atoms with Gasteiger partial charge in [-0.2, -0.15) is 0 Å². The molecule has 1 amide bonds. The standard InChI is InChI=1S/C19H21NO3/c1-14(2)20(18(21)16-11-7-4-8-12-16)17(19(22)23)13-15-9-5-3-6-10-15/h3-12,14,17H,13H2,1-2H3,(H,22,23). The second kappa shape index (κ2) is 7.58. The molecule has 4 nitrogen and oxygen atoms in total. The lowest BCUT2D eigenvalue weighted by molar-refractivity contribution is -0.143. The average Bonchev–Trinajstić information content (AvgIpc) is 2.55. The summed E-state index contributed by atoms with van der Waals surface area (Å²) in [6.45, 7) is 3.67. The Hall–Kier alpha value is -2.62. The molecule has 0 heterocycles. The van der Waals surface area contributed by atoms with E-state index in [1.165, 1.54) is 4.90 Å². The van der Waals surface area contributed by atoms with E-state index in [-0.39, 0.29) is 18.4 Å². The van der Waals surface area contributed by atoms with Crippen LogP contribution in [0.15, 0.2) is 60.7 Å². The van der Waals surface area contributed by atoms with Gasteiger partial charge in [0.15, 0.2) is 0 Å². The van der Waals surface area contributed by atoms with Crippen molar-refractivity contribution in [1.29, 1.82) is 0 Å². The lowest BCUT2D eigenvalue weighted by Crippen LogP contribution is -2.50. The third kappa shape index (κ3) is 4.19. The van der Waals surface area contributed by atoms with Crippen molar-refractivity contribution < 1.29 is 14.7 Å². The zero-order valence-corrected chi connectivity index (χ0v) is 13.3. The normalized spacial score (nSPS) is 12.0. The third-order valence-corrected chi connectivity index (χ3v) is 3.70. The first kappa shape index (κ1) is 16.7. The van der Waals surface area contributed by atoms with Gasteiger partial charge in [-0.3, -0.25) is 4.79 Å².